The Hall–Kier alpha value is -1.37. The fourth-order valence-corrected chi connectivity index (χ4v) is 2.37. The van der Waals surface area contributed by atoms with Crippen LogP contribution in [0.5, 0.6) is 5.75 Å². The van der Waals surface area contributed by atoms with Gasteiger partial charge in [0.1, 0.15) is 0 Å². The second kappa shape index (κ2) is 8.04. The number of ether oxygens (including phenoxy) is 1. The van der Waals surface area contributed by atoms with Crippen LogP contribution in [0.25, 0.3) is 0 Å². The van der Waals surface area contributed by atoms with Gasteiger partial charge >= 0.3 is 0 Å². The molecule has 0 spiro atoms. The van der Waals surface area contributed by atoms with Crippen molar-refractivity contribution in [2.45, 2.75) is 13.0 Å². The minimum Gasteiger partial charge on any atom is -0.494 e. The number of hydrogen-bond donors (Lipinski definition) is 2. The van der Waals surface area contributed by atoms with Gasteiger partial charge in [-0.3, -0.25) is 0 Å². The monoisotopic (exact) mass is 317 g/mol. The highest BCUT2D eigenvalue weighted by Crippen LogP contribution is 2.18. The molecule has 0 saturated carbocycles. The van der Waals surface area contributed by atoms with Gasteiger partial charge in [0.05, 0.1) is 7.11 Å². The van der Waals surface area contributed by atoms with Crippen LogP contribution in [0.1, 0.15) is 10.4 Å². The molecule has 0 radical (unpaired) electrons. The van der Waals surface area contributed by atoms with Crippen molar-refractivity contribution in [1.29, 1.82) is 0 Å². The molecule has 0 unspecified atom stereocenters. The minimum atomic E-state index is -0.324. The van der Waals surface area contributed by atoms with Gasteiger partial charge in [-0.05, 0) is 30.7 Å². The lowest BCUT2D eigenvalue weighted by Gasteiger charge is -2.06. The van der Waals surface area contributed by atoms with Gasteiger partial charge in [-0.25, -0.2) is 9.37 Å². The molecule has 1 heterocycles. The zero-order valence-corrected chi connectivity index (χ0v) is 12.7. The molecular weight excluding hydrogens is 301 g/mol. The van der Waals surface area contributed by atoms with Gasteiger partial charge in [-0.15, -0.1) is 23.7 Å². The first-order valence-corrected chi connectivity index (χ1v) is 6.74. The van der Waals surface area contributed by atoms with Crippen LogP contribution in [0.15, 0.2) is 24.4 Å². The van der Waals surface area contributed by atoms with E-state index in [2.05, 4.69) is 10.3 Å². The Morgan fingerprint density at radius 2 is 2.25 bits per heavy atom. The fraction of sp³-hybridized carbons (Fsp3) is 0.308. The Labute approximate surface area is 127 Å². The molecule has 1 aromatic heterocycles. The van der Waals surface area contributed by atoms with Crippen LogP contribution >= 0.6 is 23.7 Å². The van der Waals surface area contributed by atoms with E-state index in [-0.39, 0.29) is 24.0 Å². The predicted octanol–water partition coefficient (Wildman–Crippen LogP) is 2.63. The highest BCUT2D eigenvalue weighted by molar-refractivity contribution is 7.15. The Balaban J connectivity index is 0.00000200. The van der Waals surface area contributed by atoms with Gasteiger partial charge in [0.2, 0.25) is 0 Å². The van der Waals surface area contributed by atoms with Gasteiger partial charge in [0.15, 0.2) is 16.7 Å². The summed E-state index contributed by atoms with van der Waals surface area (Å²) in [5.74, 6) is -0.0490. The summed E-state index contributed by atoms with van der Waals surface area (Å²) < 4.78 is 18.3. The number of nitrogen functional groups attached to an aromatic ring is 1. The van der Waals surface area contributed by atoms with Gasteiger partial charge in [-0.2, -0.15) is 0 Å². The molecule has 0 amide bonds. The first-order valence-electron chi connectivity index (χ1n) is 5.92. The van der Waals surface area contributed by atoms with E-state index in [9.17, 15) is 4.39 Å². The first-order chi connectivity index (χ1) is 9.19. The summed E-state index contributed by atoms with van der Waals surface area (Å²) >= 11 is 1.47. The van der Waals surface area contributed by atoms with Crippen LogP contribution in [0.3, 0.4) is 0 Å². The highest BCUT2D eigenvalue weighted by Gasteiger charge is 2.03. The summed E-state index contributed by atoms with van der Waals surface area (Å²) in [6.45, 7) is 1.50. The van der Waals surface area contributed by atoms with Crippen LogP contribution in [0.4, 0.5) is 9.52 Å². The number of nitrogens with zero attached hydrogens (tertiary/aromatic N) is 1. The molecule has 0 bridgehead atoms. The van der Waals surface area contributed by atoms with E-state index in [0.717, 1.165) is 30.0 Å². The number of hydrogen-bond acceptors (Lipinski definition) is 5. The lowest BCUT2D eigenvalue weighted by molar-refractivity contribution is 0.386. The SMILES string of the molecule is COc1ccc(CCNCc2cnc(N)s2)cc1F.Cl. The Morgan fingerprint density at radius 3 is 2.85 bits per heavy atom. The average Bonchev–Trinajstić information content (AvgIpc) is 2.81. The summed E-state index contributed by atoms with van der Waals surface area (Å²) in [4.78, 5) is 5.07. The second-order valence-corrected chi connectivity index (χ2v) is 5.21. The van der Waals surface area contributed by atoms with E-state index in [0.29, 0.717) is 5.13 Å². The number of aromatic nitrogens is 1. The van der Waals surface area contributed by atoms with Crippen LogP contribution < -0.4 is 15.8 Å². The van der Waals surface area contributed by atoms with Crippen molar-refractivity contribution in [1.82, 2.24) is 10.3 Å². The fourth-order valence-electron chi connectivity index (χ4n) is 1.71. The number of halogens is 2. The lowest BCUT2D eigenvalue weighted by atomic mass is 10.1. The van der Waals surface area contributed by atoms with E-state index >= 15 is 0 Å². The molecule has 0 atom stereocenters. The van der Waals surface area contributed by atoms with E-state index in [4.69, 9.17) is 10.5 Å². The summed E-state index contributed by atoms with van der Waals surface area (Å²) in [6, 6.07) is 5.02. The normalized spacial score (nSPS) is 10.1. The van der Waals surface area contributed by atoms with Gasteiger partial charge in [-0.1, -0.05) is 6.07 Å². The lowest BCUT2D eigenvalue weighted by Crippen LogP contribution is -2.16. The van der Waals surface area contributed by atoms with E-state index in [1.54, 1.807) is 12.3 Å². The summed E-state index contributed by atoms with van der Waals surface area (Å²) in [5.41, 5.74) is 6.48. The molecule has 2 rings (SSSR count). The molecule has 0 aliphatic carbocycles. The zero-order chi connectivity index (χ0) is 13.7. The highest BCUT2D eigenvalue weighted by atomic mass is 35.5. The number of methoxy groups -OCH3 is 1. The molecule has 20 heavy (non-hydrogen) atoms. The molecule has 110 valence electrons. The van der Waals surface area contributed by atoms with Crippen molar-refractivity contribution in [3.63, 3.8) is 0 Å². The molecule has 7 heteroatoms. The van der Waals surface area contributed by atoms with Crippen molar-refractivity contribution in [3.8, 4) is 5.75 Å². The van der Waals surface area contributed by atoms with Crippen molar-refractivity contribution >= 4 is 28.9 Å². The van der Waals surface area contributed by atoms with Crippen molar-refractivity contribution in [3.05, 3.63) is 40.7 Å². The maximum Gasteiger partial charge on any atom is 0.180 e. The van der Waals surface area contributed by atoms with Crippen LogP contribution in [-0.4, -0.2) is 18.6 Å². The van der Waals surface area contributed by atoms with Crippen LogP contribution in [0.2, 0.25) is 0 Å². The summed E-state index contributed by atoms with van der Waals surface area (Å²) in [7, 11) is 1.46. The zero-order valence-electron chi connectivity index (χ0n) is 11.1. The Bertz CT molecular complexity index is 550. The maximum atomic E-state index is 13.5. The minimum absolute atomic E-state index is 0. The molecule has 0 fully saturated rings. The number of thiazole rings is 1. The summed E-state index contributed by atoms with van der Waals surface area (Å²) in [5, 5.41) is 3.85. The van der Waals surface area contributed by atoms with Gasteiger partial charge in [0.25, 0.3) is 0 Å². The van der Waals surface area contributed by atoms with Crippen LogP contribution in [0, 0.1) is 5.82 Å². The van der Waals surface area contributed by atoms with Gasteiger partial charge < -0.3 is 15.8 Å². The number of nitrogens with two attached hydrogens (primary N) is 1. The largest absolute Gasteiger partial charge is 0.494 e. The third kappa shape index (κ3) is 4.63. The van der Waals surface area contributed by atoms with Crippen molar-refractivity contribution in [2.75, 3.05) is 19.4 Å². The number of rotatable bonds is 6. The smallest absolute Gasteiger partial charge is 0.180 e. The number of nitrogens with one attached hydrogen (secondary N) is 1. The third-order valence-corrected chi connectivity index (χ3v) is 3.50. The van der Waals surface area contributed by atoms with Crippen molar-refractivity contribution < 1.29 is 9.13 Å². The molecule has 0 saturated heterocycles. The standard InChI is InChI=1S/C13H16FN3OS.ClH/c1-18-12-3-2-9(6-11(12)14)4-5-16-7-10-8-17-13(15)19-10;/h2-3,6,8,16H,4-5,7H2,1H3,(H2,15,17);1H. The first kappa shape index (κ1) is 16.7. The number of anilines is 1. The Morgan fingerprint density at radius 1 is 1.45 bits per heavy atom. The van der Waals surface area contributed by atoms with Crippen LogP contribution in [-0.2, 0) is 13.0 Å². The molecule has 2 aromatic rings. The van der Waals surface area contributed by atoms with Crippen molar-refractivity contribution in [2.24, 2.45) is 0 Å². The molecule has 0 aliphatic heterocycles. The molecule has 0 aliphatic rings. The number of benzene rings is 1. The molecule has 1 aromatic carbocycles. The summed E-state index contributed by atoms with van der Waals surface area (Å²) in [6.07, 6.45) is 2.52. The maximum absolute atomic E-state index is 13.5. The molecular formula is C13H17ClFN3OS. The predicted molar refractivity (Wildman–Crippen MR) is 82.1 cm³/mol. The van der Waals surface area contributed by atoms with E-state index < -0.39 is 0 Å². The second-order valence-electron chi connectivity index (χ2n) is 4.06. The average molecular weight is 318 g/mol. The topological polar surface area (TPSA) is 60.2 Å². The molecule has 4 nitrogen and oxygen atoms in total. The third-order valence-electron chi connectivity index (χ3n) is 2.68. The van der Waals surface area contributed by atoms with E-state index in [1.165, 1.54) is 24.5 Å². The molecule has 3 N–H and O–H groups in total. The Kier molecular flexibility index (Phi) is 6.70. The van der Waals surface area contributed by atoms with Gasteiger partial charge in [0, 0.05) is 17.6 Å². The quantitative estimate of drug-likeness (QED) is 0.804. The van der Waals surface area contributed by atoms with E-state index in [1.807, 2.05) is 6.07 Å².